The van der Waals surface area contributed by atoms with E-state index in [4.69, 9.17) is 4.74 Å². The first-order valence-electron chi connectivity index (χ1n) is 5.98. The minimum atomic E-state index is -0.626. The van der Waals surface area contributed by atoms with Gasteiger partial charge in [0.25, 0.3) is 5.69 Å². The van der Waals surface area contributed by atoms with Crippen molar-refractivity contribution >= 4 is 11.4 Å². The molecule has 0 aromatic heterocycles. The van der Waals surface area contributed by atoms with Crippen molar-refractivity contribution in [2.24, 2.45) is 0 Å². The van der Waals surface area contributed by atoms with E-state index in [9.17, 15) is 14.5 Å². The fraction of sp³-hybridized carbons (Fsp3) is 0.500. The van der Waals surface area contributed by atoms with Crippen molar-refractivity contribution in [1.29, 1.82) is 0 Å². The second-order valence-electron chi connectivity index (χ2n) is 4.53. The fourth-order valence-electron chi connectivity index (χ4n) is 2.16. The number of hydrogen-bond acceptors (Lipinski definition) is 5. The van der Waals surface area contributed by atoms with Gasteiger partial charge in [0.2, 0.25) is 0 Å². The molecule has 7 heteroatoms. The smallest absolute Gasteiger partial charge is 0.276 e. The topological polar surface area (TPSA) is 58.9 Å². The van der Waals surface area contributed by atoms with Gasteiger partial charge < -0.3 is 14.5 Å². The molecule has 0 spiro atoms. The van der Waals surface area contributed by atoms with Gasteiger partial charge in [0.1, 0.15) is 5.69 Å². The van der Waals surface area contributed by atoms with Crippen molar-refractivity contribution in [3.05, 3.63) is 28.1 Å². The Hall–Kier alpha value is -1.89. The number of halogens is 1. The van der Waals surface area contributed by atoms with Gasteiger partial charge in [-0.05, 0) is 7.05 Å². The minimum Gasteiger partial charge on any atom is -0.494 e. The van der Waals surface area contributed by atoms with E-state index in [1.807, 2.05) is 11.9 Å². The van der Waals surface area contributed by atoms with Gasteiger partial charge in [-0.25, -0.2) is 4.39 Å². The molecule has 0 amide bonds. The number of piperazine rings is 1. The highest BCUT2D eigenvalue weighted by Crippen LogP contribution is 2.35. The monoisotopic (exact) mass is 269 g/mol. The van der Waals surface area contributed by atoms with Gasteiger partial charge in [-0.2, -0.15) is 0 Å². The molecule has 0 aliphatic carbocycles. The number of nitro groups is 1. The van der Waals surface area contributed by atoms with Gasteiger partial charge in [-0.3, -0.25) is 10.1 Å². The van der Waals surface area contributed by atoms with Crippen LogP contribution in [-0.2, 0) is 0 Å². The quantitative estimate of drug-likeness (QED) is 0.614. The van der Waals surface area contributed by atoms with E-state index in [2.05, 4.69) is 4.90 Å². The Balaban J connectivity index is 2.36. The average molecular weight is 269 g/mol. The summed E-state index contributed by atoms with van der Waals surface area (Å²) in [5.74, 6) is -0.410. The number of nitrogens with zero attached hydrogens (tertiary/aromatic N) is 3. The highest BCUT2D eigenvalue weighted by molar-refractivity contribution is 5.63. The number of non-ortho nitro benzene ring substituents is 1. The lowest BCUT2D eigenvalue weighted by Gasteiger charge is -2.34. The Labute approximate surface area is 110 Å². The van der Waals surface area contributed by atoms with E-state index in [0.717, 1.165) is 19.2 Å². The summed E-state index contributed by atoms with van der Waals surface area (Å²) < 4.78 is 19.2. The molecule has 0 saturated carbocycles. The zero-order chi connectivity index (χ0) is 14.0. The molecule has 2 rings (SSSR count). The van der Waals surface area contributed by atoms with E-state index < -0.39 is 10.7 Å². The molecular weight excluding hydrogens is 253 g/mol. The van der Waals surface area contributed by atoms with Crippen molar-refractivity contribution in [2.45, 2.75) is 0 Å². The van der Waals surface area contributed by atoms with E-state index in [0.29, 0.717) is 18.8 Å². The van der Waals surface area contributed by atoms with Crippen LogP contribution in [-0.4, -0.2) is 50.2 Å². The summed E-state index contributed by atoms with van der Waals surface area (Å²) in [6.07, 6.45) is 0. The normalized spacial score (nSPS) is 16.5. The molecule has 0 N–H and O–H groups in total. The number of ether oxygens (including phenoxy) is 1. The summed E-state index contributed by atoms with van der Waals surface area (Å²) in [5.41, 5.74) is 0.00780. The molecule has 1 aromatic rings. The van der Waals surface area contributed by atoms with Crippen molar-refractivity contribution in [3.8, 4) is 5.75 Å². The van der Waals surface area contributed by atoms with Crippen molar-refractivity contribution in [3.63, 3.8) is 0 Å². The third-order valence-electron chi connectivity index (χ3n) is 3.26. The van der Waals surface area contributed by atoms with Crippen LogP contribution >= 0.6 is 0 Å². The molecule has 1 saturated heterocycles. The van der Waals surface area contributed by atoms with Gasteiger partial charge in [0.15, 0.2) is 11.6 Å². The zero-order valence-corrected chi connectivity index (χ0v) is 10.9. The number of benzene rings is 1. The van der Waals surface area contributed by atoms with Crippen LogP contribution in [0.3, 0.4) is 0 Å². The average Bonchev–Trinajstić information content (AvgIpc) is 2.39. The fourth-order valence-corrected chi connectivity index (χ4v) is 2.16. The highest BCUT2D eigenvalue weighted by atomic mass is 19.1. The zero-order valence-electron chi connectivity index (χ0n) is 10.9. The molecule has 1 aliphatic rings. The Morgan fingerprint density at radius 3 is 2.47 bits per heavy atom. The standard InChI is InChI=1S/C12H16FN3O3/c1-14-3-5-15(6-4-14)12-10(13)7-9(16(17)18)8-11(12)19-2/h7-8H,3-6H2,1-2H3. The lowest BCUT2D eigenvalue weighted by Crippen LogP contribution is -2.45. The molecule has 1 aliphatic heterocycles. The van der Waals surface area contributed by atoms with Gasteiger partial charge in [-0.1, -0.05) is 0 Å². The maximum Gasteiger partial charge on any atom is 0.276 e. The number of rotatable bonds is 3. The van der Waals surface area contributed by atoms with Crippen LogP contribution in [0.4, 0.5) is 15.8 Å². The lowest BCUT2D eigenvalue weighted by molar-refractivity contribution is -0.385. The summed E-state index contributed by atoms with van der Waals surface area (Å²) in [4.78, 5) is 14.1. The number of likely N-dealkylation sites (N-methyl/N-ethyl adjacent to an activating group) is 1. The Bertz CT molecular complexity index is 487. The summed E-state index contributed by atoms with van der Waals surface area (Å²) >= 11 is 0. The molecule has 6 nitrogen and oxygen atoms in total. The molecule has 19 heavy (non-hydrogen) atoms. The molecule has 1 heterocycles. The first-order chi connectivity index (χ1) is 9.02. The maximum atomic E-state index is 14.1. The summed E-state index contributed by atoms with van der Waals surface area (Å²) in [6, 6.07) is 2.20. The largest absolute Gasteiger partial charge is 0.494 e. The van der Waals surface area contributed by atoms with Gasteiger partial charge in [0.05, 0.1) is 24.2 Å². The van der Waals surface area contributed by atoms with Crippen molar-refractivity contribution in [1.82, 2.24) is 4.90 Å². The first kappa shape index (κ1) is 13.5. The Morgan fingerprint density at radius 1 is 1.32 bits per heavy atom. The highest BCUT2D eigenvalue weighted by Gasteiger charge is 2.24. The predicted octanol–water partition coefficient (Wildman–Crippen LogP) is 1.49. The third kappa shape index (κ3) is 2.76. The number of hydrogen-bond donors (Lipinski definition) is 0. The first-order valence-corrected chi connectivity index (χ1v) is 5.98. The molecule has 0 bridgehead atoms. The van der Waals surface area contributed by atoms with E-state index in [1.165, 1.54) is 13.2 Å². The number of anilines is 1. The Morgan fingerprint density at radius 2 is 1.95 bits per heavy atom. The number of methoxy groups -OCH3 is 1. The molecule has 0 radical (unpaired) electrons. The second kappa shape index (κ2) is 5.40. The Kier molecular flexibility index (Phi) is 3.84. The molecule has 104 valence electrons. The third-order valence-corrected chi connectivity index (χ3v) is 3.26. The molecule has 0 atom stereocenters. The van der Waals surface area contributed by atoms with Crippen molar-refractivity contribution in [2.75, 3.05) is 45.2 Å². The van der Waals surface area contributed by atoms with Crippen LogP contribution in [0.2, 0.25) is 0 Å². The molecule has 1 aromatic carbocycles. The molecule has 0 unspecified atom stereocenters. The molecule has 1 fully saturated rings. The lowest BCUT2D eigenvalue weighted by atomic mass is 10.2. The van der Waals surface area contributed by atoms with Gasteiger partial charge in [-0.15, -0.1) is 0 Å². The maximum absolute atomic E-state index is 14.1. The van der Waals surface area contributed by atoms with Crippen LogP contribution < -0.4 is 9.64 Å². The summed E-state index contributed by atoms with van der Waals surface area (Å²) in [6.45, 7) is 2.97. The van der Waals surface area contributed by atoms with E-state index in [1.54, 1.807) is 0 Å². The van der Waals surface area contributed by atoms with Crippen molar-refractivity contribution < 1.29 is 14.1 Å². The van der Waals surface area contributed by atoms with Crippen LogP contribution in [0.15, 0.2) is 12.1 Å². The summed E-state index contributed by atoms with van der Waals surface area (Å²) in [5, 5.41) is 10.7. The summed E-state index contributed by atoms with van der Waals surface area (Å²) in [7, 11) is 3.39. The van der Waals surface area contributed by atoms with Crippen LogP contribution in [0.5, 0.6) is 5.75 Å². The van der Waals surface area contributed by atoms with Crippen LogP contribution in [0.1, 0.15) is 0 Å². The van der Waals surface area contributed by atoms with Gasteiger partial charge >= 0.3 is 0 Å². The molecular formula is C12H16FN3O3. The SMILES string of the molecule is COc1cc([N+](=O)[O-])cc(F)c1N1CCN(C)CC1. The van der Waals surface area contributed by atoms with E-state index >= 15 is 0 Å². The number of nitro benzene ring substituents is 1. The predicted molar refractivity (Wildman–Crippen MR) is 69.3 cm³/mol. The van der Waals surface area contributed by atoms with Gasteiger partial charge in [0, 0.05) is 26.2 Å². The van der Waals surface area contributed by atoms with Crippen LogP contribution in [0.25, 0.3) is 0 Å². The minimum absolute atomic E-state index is 0.205. The van der Waals surface area contributed by atoms with E-state index in [-0.39, 0.29) is 11.4 Å². The van der Waals surface area contributed by atoms with Crippen LogP contribution in [0, 0.1) is 15.9 Å². The second-order valence-corrected chi connectivity index (χ2v) is 4.53.